The lowest BCUT2D eigenvalue weighted by Gasteiger charge is -2.32. The predicted molar refractivity (Wildman–Crippen MR) is 147 cm³/mol. The molecular weight excluding hydrogens is 523 g/mol. The summed E-state index contributed by atoms with van der Waals surface area (Å²) in [4.78, 5) is 27.3. The van der Waals surface area contributed by atoms with Crippen molar-refractivity contribution in [2.75, 3.05) is 18.4 Å². The fraction of sp³-hybridized carbons (Fsp3) is 0.333. The monoisotopic (exact) mass is 555 g/mol. The highest BCUT2D eigenvalue weighted by Crippen LogP contribution is 2.32. The van der Waals surface area contributed by atoms with Crippen LogP contribution in [0.2, 0.25) is 0 Å². The van der Waals surface area contributed by atoms with Gasteiger partial charge in [-0.15, -0.1) is 13.2 Å². The first-order chi connectivity index (χ1) is 19.0. The second kappa shape index (κ2) is 12.3. The summed E-state index contributed by atoms with van der Waals surface area (Å²) in [6.45, 7) is 6.87. The Bertz CT molecular complexity index is 1330. The molecule has 1 fully saturated rings. The molecule has 2 N–H and O–H groups in total. The van der Waals surface area contributed by atoms with E-state index in [0.717, 1.165) is 5.56 Å². The highest BCUT2D eigenvalue weighted by Gasteiger charge is 2.31. The van der Waals surface area contributed by atoms with Gasteiger partial charge < -0.3 is 25.0 Å². The van der Waals surface area contributed by atoms with Crippen LogP contribution in [0.25, 0.3) is 11.1 Å². The van der Waals surface area contributed by atoms with Crippen molar-refractivity contribution < 1.29 is 32.2 Å². The van der Waals surface area contributed by atoms with Crippen molar-refractivity contribution in [1.82, 2.24) is 10.2 Å². The molecule has 1 aliphatic heterocycles. The number of benzene rings is 3. The van der Waals surface area contributed by atoms with Crippen molar-refractivity contribution in [3.63, 3.8) is 0 Å². The van der Waals surface area contributed by atoms with E-state index in [0.29, 0.717) is 54.1 Å². The van der Waals surface area contributed by atoms with E-state index < -0.39 is 6.36 Å². The minimum Gasteiger partial charge on any atom is -0.490 e. The quantitative estimate of drug-likeness (QED) is 0.337. The van der Waals surface area contributed by atoms with Crippen LogP contribution in [0.1, 0.15) is 42.6 Å². The lowest BCUT2D eigenvalue weighted by Crippen LogP contribution is -2.48. The van der Waals surface area contributed by atoms with Crippen molar-refractivity contribution in [2.24, 2.45) is 0 Å². The van der Waals surface area contributed by atoms with Gasteiger partial charge in [-0.25, -0.2) is 4.79 Å². The van der Waals surface area contributed by atoms with Gasteiger partial charge in [0, 0.05) is 49.3 Å². The number of hydrogen-bond donors (Lipinski definition) is 2. The van der Waals surface area contributed by atoms with Crippen LogP contribution in [0.3, 0.4) is 0 Å². The Morgan fingerprint density at radius 1 is 0.950 bits per heavy atom. The molecule has 1 saturated heterocycles. The smallest absolute Gasteiger partial charge is 0.490 e. The van der Waals surface area contributed by atoms with Crippen LogP contribution < -0.4 is 20.1 Å². The number of halogens is 3. The van der Waals surface area contributed by atoms with E-state index in [4.69, 9.17) is 4.74 Å². The predicted octanol–water partition coefficient (Wildman–Crippen LogP) is 6.77. The van der Waals surface area contributed by atoms with Gasteiger partial charge in [-0.2, -0.15) is 0 Å². The van der Waals surface area contributed by atoms with Crippen molar-refractivity contribution >= 4 is 17.6 Å². The first-order valence-corrected chi connectivity index (χ1v) is 13.1. The third-order valence-electron chi connectivity index (χ3n) is 6.43. The number of anilines is 1. The molecule has 3 amide bonds. The van der Waals surface area contributed by atoms with Gasteiger partial charge in [-0.3, -0.25) is 4.79 Å². The molecule has 10 heteroatoms. The zero-order valence-electron chi connectivity index (χ0n) is 22.5. The van der Waals surface area contributed by atoms with Gasteiger partial charge in [0.05, 0.1) is 0 Å². The van der Waals surface area contributed by atoms with E-state index in [1.54, 1.807) is 35.2 Å². The van der Waals surface area contributed by atoms with Crippen LogP contribution >= 0.6 is 0 Å². The molecule has 3 aromatic carbocycles. The second-order valence-corrected chi connectivity index (χ2v) is 9.96. The van der Waals surface area contributed by atoms with Gasteiger partial charge in [-0.05, 0) is 67.8 Å². The van der Waals surface area contributed by atoms with Crippen molar-refractivity contribution in [2.45, 2.75) is 52.1 Å². The molecule has 0 saturated carbocycles. The first kappa shape index (κ1) is 28.8. The van der Waals surface area contributed by atoms with E-state index in [-0.39, 0.29) is 29.8 Å². The number of carbonyl (C=O) groups excluding carboxylic acids is 2. The van der Waals surface area contributed by atoms with E-state index in [2.05, 4.69) is 15.4 Å². The summed E-state index contributed by atoms with van der Waals surface area (Å²) >= 11 is 0. The number of amides is 3. The fourth-order valence-corrected chi connectivity index (χ4v) is 4.62. The summed E-state index contributed by atoms with van der Waals surface area (Å²) in [7, 11) is 0. The third-order valence-corrected chi connectivity index (χ3v) is 6.43. The summed E-state index contributed by atoms with van der Waals surface area (Å²) in [6.07, 6.45) is -3.44. The molecule has 3 aromatic rings. The summed E-state index contributed by atoms with van der Waals surface area (Å²) in [5.41, 5.74) is 2.91. The minimum atomic E-state index is -4.78. The molecule has 0 aliphatic carbocycles. The van der Waals surface area contributed by atoms with Gasteiger partial charge in [0.2, 0.25) is 0 Å². The molecule has 0 atom stereocenters. The average Bonchev–Trinajstić information content (AvgIpc) is 2.88. The summed E-state index contributed by atoms with van der Waals surface area (Å²) in [6, 6.07) is 17.8. The van der Waals surface area contributed by atoms with E-state index in [1.807, 2.05) is 32.9 Å². The minimum absolute atomic E-state index is 0.0540. The number of hydrogen-bond acceptors (Lipinski definition) is 4. The molecule has 4 rings (SSSR count). The molecule has 212 valence electrons. The number of nitrogens with zero attached hydrogens (tertiary/aromatic N) is 1. The summed E-state index contributed by atoms with van der Waals surface area (Å²) in [5.74, 6) is -0.0966. The van der Waals surface area contributed by atoms with E-state index in [9.17, 15) is 22.8 Å². The Morgan fingerprint density at radius 3 is 2.27 bits per heavy atom. The lowest BCUT2D eigenvalue weighted by molar-refractivity contribution is -0.274. The number of likely N-dealkylation sites (tertiary alicyclic amines) is 1. The number of carbonyl (C=O) groups is 2. The Labute approximate surface area is 231 Å². The molecule has 0 bridgehead atoms. The van der Waals surface area contributed by atoms with Crippen LogP contribution in [0, 0.1) is 6.92 Å². The van der Waals surface area contributed by atoms with Crippen molar-refractivity contribution in [3.05, 3.63) is 77.9 Å². The average molecular weight is 556 g/mol. The molecule has 0 unspecified atom stereocenters. The highest BCUT2D eigenvalue weighted by molar-refractivity contribution is 6.09. The van der Waals surface area contributed by atoms with E-state index >= 15 is 0 Å². The molecule has 0 radical (unpaired) electrons. The number of aryl methyl sites for hydroxylation is 1. The third kappa shape index (κ3) is 7.68. The zero-order valence-corrected chi connectivity index (χ0v) is 22.5. The molecule has 1 aliphatic rings. The normalized spacial score (nSPS) is 14.1. The molecule has 40 heavy (non-hydrogen) atoms. The van der Waals surface area contributed by atoms with Crippen molar-refractivity contribution in [1.29, 1.82) is 0 Å². The first-order valence-electron chi connectivity index (χ1n) is 13.1. The van der Waals surface area contributed by atoms with Crippen LogP contribution in [0.4, 0.5) is 23.7 Å². The SMILES string of the molecule is Cc1cccc(C(=O)Nc2cccc(OC3CCN(C(=O)NC(C)C)CC3)c2)c1-c1ccc(OC(F)(F)F)cc1. The Morgan fingerprint density at radius 2 is 1.62 bits per heavy atom. The number of nitrogens with one attached hydrogen (secondary N) is 2. The largest absolute Gasteiger partial charge is 0.573 e. The summed E-state index contributed by atoms with van der Waals surface area (Å²) < 4.78 is 47.8. The molecule has 0 aromatic heterocycles. The Balaban J connectivity index is 1.42. The number of ether oxygens (including phenoxy) is 2. The van der Waals surface area contributed by atoms with Crippen LogP contribution in [-0.2, 0) is 0 Å². The lowest BCUT2D eigenvalue weighted by atomic mass is 9.94. The fourth-order valence-electron chi connectivity index (χ4n) is 4.62. The zero-order chi connectivity index (χ0) is 28.9. The molecule has 7 nitrogen and oxygen atoms in total. The maximum atomic E-state index is 13.3. The van der Waals surface area contributed by atoms with Crippen molar-refractivity contribution in [3.8, 4) is 22.6 Å². The summed E-state index contributed by atoms with van der Waals surface area (Å²) in [5, 5.41) is 5.81. The number of rotatable bonds is 7. The number of piperidine rings is 1. The van der Waals surface area contributed by atoms with Gasteiger partial charge in [0.15, 0.2) is 0 Å². The Hall–Kier alpha value is -4.21. The molecular formula is C30H32F3N3O4. The van der Waals surface area contributed by atoms with Crippen LogP contribution in [0.15, 0.2) is 66.7 Å². The van der Waals surface area contributed by atoms with Gasteiger partial charge in [0.25, 0.3) is 5.91 Å². The van der Waals surface area contributed by atoms with E-state index in [1.165, 1.54) is 24.3 Å². The second-order valence-electron chi connectivity index (χ2n) is 9.96. The van der Waals surface area contributed by atoms with Gasteiger partial charge in [-0.1, -0.05) is 30.3 Å². The Kier molecular flexibility index (Phi) is 8.86. The topological polar surface area (TPSA) is 79.9 Å². The maximum Gasteiger partial charge on any atom is 0.573 e. The highest BCUT2D eigenvalue weighted by atomic mass is 19.4. The number of urea groups is 1. The van der Waals surface area contributed by atoms with Crippen LogP contribution in [-0.4, -0.2) is 48.4 Å². The maximum absolute atomic E-state index is 13.3. The molecule has 0 spiro atoms. The molecule has 1 heterocycles. The van der Waals surface area contributed by atoms with Crippen LogP contribution in [0.5, 0.6) is 11.5 Å². The standard InChI is InChI=1S/C30H32F3N3O4/c1-19(2)34-29(38)36-16-14-23(15-17-36)39-25-8-5-7-22(18-25)35-28(37)26-9-4-6-20(3)27(26)21-10-12-24(13-11-21)40-30(31,32)33/h4-13,18-19,23H,14-17H2,1-3H3,(H,34,38)(H,35,37). The van der Waals surface area contributed by atoms with Gasteiger partial charge >= 0.3 is 12.4 Å². The number of alkyl halides is 3. The van der Waals surface area contributed by atoms with Gasteiger partial charge in [0.1, 0.15) is 17.6 Å².